The molecule has 0 aromatic carbocycles. The molecule has 0 unspecified atom stereocenters. The Labute approximate surface area is 134 Å². The molecule has 0 heterocycles. The second-order valence-electron chi connectivity index (χ2n) is 7.07. The van der Waals surface area contributed by atoms with E-state index in [0.717, 1.165) is 0 Å². The smallest absolute Gasteiger partial charge is 0.177 e. The van der Waals surface area contributed by atoms with Crippen LogP contribution in [0.4, 0.5) is 0 Å². The lowest BCUT2D eigenvalue weighted by molar-refractivity contribution is 0.0957. The summed E-state index contributed by atoms with van der Waals surface area (Å²) in [6.45, 7) is 17.0. The van der Waals surface area contributed by atoms with Gasteiger partial charge in [0.2, 0.25) is 0 Å². The van der Waals surface area contributed by atoms with E-state index in [2.05, 4.69) is 70.4 Å². The standard InChI is InChI=1S/C12H28B2O2S3/c1-9(2,15-19-11(5,6)13)10(3,4)18-16-12(7,8)17-14/h13-14H2,1-8H3. The predicted molar refractivity (Wildman–Crippen MR) is 98.3 cm³/mol. The lowest BCUT2D eigenvalue weighted by Gasteiger charge is -2.41. The van der Waals surface area contributed by atoms with Gasteiger partial charge in [0, 0.05) is 16.7 Å². The van der Waals surface area contributed by atoms with Gasteiger partial charge in [-0.05, 0) is 53.6 Å². The minimum atomic E-state index is -0.288. The van der Waals surface area contributed by atoms with Crippen molar-refractivity contribution >= 4 is 50.7 Å². The Morgan fingerprint density at radius 1 is 0.789 bits per heavy atom. The van der Waals surface area contributed by atoms with E-state index >= 15 is 0 Å². The van der Waals surface area contributed by atoms with Crippen LogP contribution in [-0.2, 0) is 8.37 Å². The maximum atomic E-state index is 6.07. The van der Waals surface area contributed by atoms with Gasteiger partial charge in [0.15, 0.2) is 7.12 Å². The quantitative estimate of drug-likeness (QED) is 0.387. The fourth-order valence-electron chi connectivity index (χ4n) is 0.668. The summed E-state index contributed by atoms with van der Waals surface area (Å²) in [6.07, 6.45) is 0. The highest BCUT2D eigenvalue weighted by Gasteiger charge is 2.42. The van der Waals surface area contributed by atoms with Gasteiger partial charge in [0.1, 0.15) is 12.8 Å². The summed E-state index contributed by atoms with van der Waals surface area (Å²) < 4.78 is 12.0. The van der Waals surface area contributed by atoms with Crippen LogP contribution < -0.4 is 0 Å². The van der Waals surface area contributed by atoms with Crippen molar-refractivity contribution < 1.29 is 8.37 Å². The van der Waals surface area contributed by atoms with Crippen molar-refractivity contribution in [3.05, 3.63) is 0 Å². The molecule has 0 aliphatic carbocycles. The summed E-state index contributed by atoms with van der Waals surface area (Å²) in [5, 5.41) is 0. The summed E-state index contributed by atoms with van der Waals surface area (Å²) in [5.41, 5.74) is -0.288. The molecule has 0 saturated carbocycles. The molecule has 7 heteroatoms. The Kier molecular flexibility index (Phi) is 7.31. The van der Waals surface area contributed by atoms with Crippen LogP contribution in [0.3, 0.4) is 0 Å². The average molecular weight is 322 g/mol. The van der Waals surface area contributed by atoms with Crippen LogP contribution in [0.1, 0.15) is 55.4 Å². The van der Waals surface area contributed by atoms with Crippen molar-refractivity contribution in [3.8, 4) is 0 Å². The molecule has 0 rings (SSSR count). The van der Waals surface area contributed by atoms with Crippen LogP contribution in [-0.4, -0.2) is 34.9 Å². The second-order valence-corrected chi connectivity index (χ2v) is 11.4. The van der Waals surface area contributed by atoms with Gasteiger partial charge in [-0.15, -0.1) is 0 Å². The van der Waals surface area contributed by atoms with E-state index in [1.807, 2.05) is 0 Å². The SMILES string of the molecule is BSC(C)(C)OSC(C)(C)C(C)(C)OSC(B)(C)C. The van der Waals surface area contributed by atoms with Gasteiger partial charge >= 0.3 is 0 Å². The van der Waals surface area contributed by atoms with Crippen molar-refractivity contribution in [2.24, 2.45) is 0 Å². The summed E-state index contributed by atoms with van der Waals surface area (Å²) in [5.74, 6) is 0. The highest BCUT2D eigenvalue weighted by atomic mass is 32.2. The summed E-state index contributed by atoms with van der Waals surface area (Å²) in [7, 11) is 4.21. The van der Waals surface area contributed by atoms with E-state index in [4.69, 9.17) is 8.37 Å². The summed E-state index contributed by atoms with van der Waals surface area (Å²) >= 11 is 4.75. The maximum Gasteiger partial charge on any atom is 0.177 e. The Bertz CT molecular complexity index is 289. The Morgan fingerprint density at radius 3 is 1.63 bits per heavy atom. The van der Waals surface area contributed by atoms with E-state index in [9.17, 15) is 0 Å². The van der Waals surface area contributed by atoms with Crippen molar-refractivity contribution in [1.29, 1.82) is 0 Å². The molecule has 0 fully saturated rings. The monoisotopic (exact) mass is 322 g/mol. The van der Waals surface area contributed by atoms with Crippen LogP contribution in [0, 0.1) is 0 Å². The minimum Gasteiger partial charge on any atom is -0.308 e. The highest BCUT2D eigenvalue weighted by molar-refractivity contribution is 8.20. The zero-order valence-electron chi connectivity index (χ0n) is 14.0. The second kappa shape index (κ2) is 6.91. The third-order valence-corrected chi connectivity index (χ3v) is 6.47. The molecule has 0 radical (unpaired) electrons. The first-order chi connectivity index (χ1) is 8.22. The van der Waals surface area contributed by atoms with Gasteiger partial charge in [-0.1, -0.05) is 13.8 Å². The molecule has 0 aliphatic rings. The van der Waals surface area contributed by atoms with Crippen LogP contribution in [0.15, 0.2) is 0 Å². The third-order valence-electron chi connectivity index (χ3n) is 2.89. The molecular weight excluding hydrogens is 294 g/mol. The van der Waals surface area contributed by atoms with Crippen LogP contribution in [0.2, 0.25) is 0 Å². The van der Waals surface area contributed by atoms with Gasteiger partial charge in [0.05, 0.1) is 10.3 Å². The topological polar surface area (TPSA) is 18.5 Å². The van der Waals surface area contributed by atoms with Gasteiger partial charge in [-0.2, -0.15) is 11.6 Å². The normalized spacial score (nSPS) is 14.7. The molecule has 0 spiro atoms. The Hall–Kier alpha value is 1.10. The van der Waals surface area contributed by atoms with Gasteiger partial charge < -0.3 is 4.18 Å². The van der Waals surface area contributed by atoms with Crippen molar-refractivity contribution in [2.75, 3.05) is 0 Å². The predicted octanol–water partition coefficient (Wildman–Crippen LogP) is 3.26. The third kappa shape index (κ3) is 7.60. The average Bonchev–Trinajstić information content (AvgIpc) is 2.23. The molecule has 0 amide bonds. The summed E-state index contributed by atoms with van der Waals surface area (Å²) in [6, 6.07) is 0. The van der Waals surface area contributed by atoms with E-state index in [-0.39, 0.29) is 19.9 Å². The molecule has 2 nitrogen and oxygen atoms in total. The number of rotatable bonds is 8. The minimum absolute atomic E-state index is 0.0947. The summed E-state index contributed by atoms with van der Waals surface area (Å²) in [4.78, 5) is -0.185. The zero-order valence-corrected chi connectivity index (χ0v) is 16.5. The van der Waals surface area contributed by atoms with E-state index in [0.29, 0.717) is 0 Å². The van der Waals surface area contributed by atoms with Crippen LogP contribution >= 0.6 is 35.7 Å². The van der Waals surface area contributed by atoms with Crippen molar-refractivity contribution in [1.82, 2.24) is 0 Å². The molecule has 0 aliphatic heterocycles. The molecule has 0 aromatic rings. The van der Waals surface area contributed by atoms with Crippen LogP contribution in [0.25, 0.3) is 0 Å². The first-order valence-corrected chi connectivity index (χ1v) is 9.22. The fourth-order valence-corrected chi connectivity index (χ4v) is 2.41. The molecule has 0 atom stereocenters. The van der Waals surface area contributed by atoms with Gasteiger partial charge in [-0.25, -0.2) is 0 Å². The molecule has 0 N–H and O–H groups in total. The molecule has 0 saturated heterocycles. The molecular formula is C12H28B2O2S3. The number of hydrogen-bond donors (Lipinski definition) is 0. The van der Waals surface area contributed by atoms with Crippen molar-refractivity contribution in [3.63, 3.8) is 0 Å². The molecule has 19 heavy (non-hydrogen) atoms. The fraction of sp³-hybridized carbons (Fsp3) is 1.00. The van der Waals surface area contributed by atoms with Crippen molar-refractivity contribution in [2.45, 2.75) is 75.3 Å². The number of hydrogen-bond acceptors (Lipinski definition) is 5. The lowest BCUT2D eigenvalue weighted by atomic mass is 9.91. The highest BCUT2D eigenvalue weighted by Crippen LogP contribution is 2.44. The molecule has 112 valence electrons. The Morgan fingerprint density at radius 2 is 1.26 bits per heavy atom. The van der Waals surface area contributed by atoms with Gasteiger partial charge in [-0.3, -0.25) is 4.18 Å². The van der Waals surface area contributed by atoms with E-state index in [1.54, 1.807) is 11.6 Å². The van der Waals surface area contributed by atoms with Crippen LogP contribution in [0.5, 0.6) is 0 Å². The molecule has 0 bridgehead atoms. The largest absolute Gasteiger partial charge is 0.308 e. The zero-order chi connectivity index (χ0) is 15.5. The maximum absolute atomic E-state index is 6.07. The Balaban J connectivity index is 4.60. The molecule has 0 aromatic heterocycles. The lowest BCUT2D eigenvalue weighted by Crippen LogP contribution is -2.45. The van der Waals surface area contributed by atoms with E-state index < -0.39 is 0 Å². The first-order valence-electron chi connectivity index (χ1n) is 6.51. The van der Waals surface area contributed by atoms with Gasteiger partial charge in [0.25, 0.3) is 0 Å². The van der Waals surface area contributed by atoms with E-state index in [1.165, 1.54) is 24.1 Å². The first kappa shape index (κ1) is 20.1.